The third kappa shape index (κ3) is 2.90. The quantitative estimate of drug-likeness (QED) is 0.743. The smallest absolute Gasteiger partial charge is 0.256 e. The SMILES string of the molecule is O=C1C[C@@H](N2CCCc3ccccc32)C(=O)N1c1cc(Cl)cc(Cl)c1. The van der Waals surface area contributed by atoms with Crippen LogP contribution in [0.5, 0.6) is 0 Å². The summed E-state index contributed by atoms with van der Waals surface area (Å²) in [7, 11) is 0. The molecule has 0 bridgehead atoms. The van der Waals surface area contributed by atoms with Gasteiger partial charge in [-0.2, -0.15) is 0 Å². The molecule has 2 heterocycles. The Kier molecular flexibility index (Phi) is 4.18. The molecule has 1 atom stereocenters. The maximum absolute atomic E-state index is 13.0. The van der Waals surface area contributed by atoms with Gasteiger partial charge >= 0.3 is 0 Å². The second-order valence-electron chi connectivity index (χ2n) is 6.34. The van der Waals surface area contributed by atoms with E-state index in [1.807, 2.05) is 18.2 Å². The molecule has 4 rings (SSSR count). The van der Waals surface area contributed by atoms with Gasteiger partial charge in [-0.1, -0.05) is 41.4 Å². The normalized spacial score (nSPS) is 20.2. The van der Waals surface area contributed by atoms with Gasteiger partial charge in [-0.3, -0.25) is 9.59 Å². The minimum absolute atomic E-state index is 0.164. The molecule has 0 radical (unpaired) electrons. The minimum Gasteiger partial charge on any atom is -0.359 e. The van der Waals surface area contributed by atoms with Crippen LogP contribution in [0.4, 0.5) is 11.4 Å². The van der Waals surface area contributed by atoms with E-state index in [1.54, 1.807) is 18.2 Å². The number of hydrogen-bond donors (Lipinski definition) is 0. The fourth-order valence-electron chi connectivity index (χ4n) is 3.69. The lowest BCUT2D eigenvalue weighted by atomic mass is 9.99. The number of benzene rings is 2. The molecular weight excluding hydrogens is 359 g/mol. The van der Waals surface area contributed by atoms with Crippen LogP contribution in [0.15, 0.2) is 42.5 Å². The summed E-state index contributed by atoms with van der Waals surface area (Å²) >= 11 is 12.1. The van der Waals surface area contributed by atoms with Crippen LogP contribution >= 0.6 is 23.2 Å². The summed E-state index contributed by atoms with van der Waals surface area (Å²) in [5.41, 5.74) is 2.70. The highest BCUT2D eigenvalue weighted by molar-refractivity contribution is 6.35. The molecule has 1 fully saturated rings. The predicted molar refractivity (Wildman–Crippen MR) is 99.5 cm³/mol. The average molecular weight is 375 g/mol. The van der Waals surface area contributed by atoms with Crippen LogP contribution in [0.3, 0.4) is 0 Å². The molecule has 128 valence electrons. The maximum Gasteiger partial charge on any atom is 0.256 e. The lowest BCUT2D eigenvalue weighted by molar-refractivity contribution is -0.121. The van der Waals surface area contributed by atoms with Gasteiger partial charge in [0.15, 0.2) is 0 Å². The van der Waals surface area contributed by atoms with Crippen LogP contribution in [-0.4, -0.2) is 24.4 Å². The largest absolute Gasteiger partial charge is 0.359 e. The van der Waals surface area contributed by atoms with Crippen LogP contribution in [-0.2, 0) is 16.0 Å². The Morgan fingerprint density at radius 1 is 1.00 bits per heavy atom. The Morgan fingerprint density at radius 3 is 2.48 bits per heavy atom. The van der Waals surface area contributed by atoms with Crippen molar-refractivity contribution in [2.24, 2.45) is 0 Å². The van der Waals surface area contributed by atoms with Crippen LogP contribution in [0.2, 0.25) is 10.0 Å². The van der Waals surface area contributed by atoms with Gasteiger partial charge in [-0.15, -0.1) is 0 Å². The number of hydrogen-bond acceptors (Lipinski definition) is 3. The van der Waals surface area contributed by atoms with E-state index in [9.17, 15) is 9.59 Å². The van der Waals surface area contributed by atoms with Gasteiger partial charge in [-0.05, 0) is 42.7 Å². The van der Waals surface area contributed by atoms with Gasteiger partial charge in [-0.25, -0.2) is 4.90 Å². The van der Waals surface area contributed by atoms with Crippen molar-refractivity contribution in [3.8, 4) is 0 Å². The topological polar surface area (TPSA) is 40.6 Å². The second kappa shape index (κ2) is 6.36. The first kappa shape index (κ1) is 16.4. The number of imide groups is 1. The predicted octanol–water partition coefficient (Wildman–Crippen LogP) is 4.08. The number of halogens is 2. The summed E-state index contributed by atoms with van der Waals surface area (Å²) in [6.07, 6.45) is 2.13. The molecule has 2 amide bonds. The van der Waals surface area contributed by atoms with Gasteiger partial charge < -0.3 is 4.90 Å². The summed E-state index contributed by atoms with van der Waals surface area (Å²) in [5, 5.41) is 0.796. The van der Waals surface area contributed by atoms with E-state index in [2.05, 4.69) is 11.0 Å². The number of anilines is 2. The molecule has 2 aliphatic heterocycles. The van der Waals surface area contributed by atoms with Gasteiger partial charge in [0.2, 0.25) is 5.91 Å². The summed E-state index contributed by atoms with van der Waals surface area (Å²) < 4.78 is 0. The van der Waals surface area contributed by atoms with E-state index in [-0.39, 0.29) is 18.2 Å². The summed E-state index contributed by atoms with van der Waals surface area (Å²) in [6.45, 7) is 0.769. The zero-order chi connectivity index (χ0) is 17.6. The summed E-state index contributed by atoms with van der Waals surface area (Å²) in [6, 6.07) is 12.4. The molecule has 0 aliphatic carbocycles. The standard InChI is InChI=1S/C19H16Cl2N2O2/c20-13-8-14(21)10-15(9-13)23-18(24)11-17(19(23)25)22-7-3-5-12-4-1-2-6-16(12)22/h1-2,4,6,8-10,17H,3,5,7,11H2/t17-/m1/s1. The molecule has 1 saturated heterocycles. The number of fused-ring (bicyclic) bond motifs is 1. The molecule has 0 aromatic heterocycles. The zero-order valence-corrected chi connectivity index (χ0v) is 14.9. The summed E-state index contributed by atoms with van der Waals surface area (Å²) in [4.78, 5) is 28.9. The van der Waals surface area contributed by atoms with Crippen molar-refractivity contribution in [1.82, 2.24) is 0 Å². The fourth-order valence-corrected chi connectivity index (χ4v) is 4.20. The highest BCUT2D eigenvalue weighted by Crippen LogP contribution is 2.35. The Hall–Kier alpha value is -2.04. The number of amides is 2. The van der Waals surface area contributed by atoms with Crippen molar-refractivity contribution in [2.75, 3.05) is 16.3 Å². The Morgan fingerprint density at radius 2 is 1.72 bits per heavy atom. The van der Waals surface area contributed by atoms with Crippen molar-refractivity contribution < 1.29 is 9.59 Å². The van der Waals surface area contributed by atoms with Crippen LogP contribution < -0.4 is 9.80 Å². The molecule has 0 spiro atoms. The lowest BCUT2D eigenvalue weighted by Gasteiger charge is -2.34. The molecule has 2 aromatic rings. The number of nitrogens with zero attached hydrogens (tertiary/aromatic N) is 2. The molecule has 6 heteroatoms. The second-order valence-corrected chi connectivity index (χ2v) is 7.21. The number of carbonyl (C=O) groups is 2. The minimum atomic E-state index is -0.480. The van der Waals surface area contributed by atoms with Gasteiger partial charge in [0.25, 0.3) is 5.91 Å². The average Bonchev–Trinajstić information content (AvgIpc) is 2.88. The first-order valence-corrected chi connectivity index (χ1v) is 8.97. The molecule has 25 heavy (non-hydrogen) atoms. The summed E-state index contributed by atoms with van der Waals surface area (Å²) in [5.74, 6) is -0.448. The first-order valence-electron chi connectivity index (χ1n) is 8.22. The number of aryl methyl sites for hydroxylation is 1. The fraction of sp³-hybridized carbons (Fsp3) is 0.263. The Balaban J connectivity index is 1.68. The van der Waals surface area contributed by atoms with E-state index in [1.165, 1.54) is 10.5 Å². The van der Waals surface area contributed by atoms with E-state index >= 15 is 0 Å². The van der Waals surface area contributed by atoms with Crippen molar-refractivity contribution in [1.29, 1.82) is 0 Å². The van der Waals surface area contributed by atoms with Crippen molar-refractivity contribution in [3.05, 3.63) is 58.1 Å². The maximum atomic E-state index is 13.0. The molecule has 0 saturated carbocycles. The third-order valence-electron chi connectivity index (χ3n) is 4.75. The number of carbonyl (C=O) groups excluding carboxylic acids is 2. The van der Waals surface area contributed by atoms with Crippen LogP contribution in [0.25, 0.3) is 0 Å². The number of para-hydroxylation sites is 1. The monoisotopic (exact) mass is 374 g/mol. The highest BCUT2D eigenvalue weighted by atomic mass is 35.5. The highest BCUT2D eigenvalue weighted by Gasteiger charge is 2.43. The molecule has 0 unspecified atom stereocenters. The molecule has 2 aliphatic rings. The Labute approximate surface area is 155 Å². The van der Waals surface area contributed by atoms with E-state index < -0.39 is 6.04 Å². The number of rotatable bonds is 2. The van der Waals surface area contributed by atoms with Gasteiger partial charge in [0.1, 0.15) is 6.04 Å². The van der Waals surface area contributed by atoms with E-state index in [0.29, 0.717) is 15.7 Å². The van der Waals surface area contributed by atoms with Crippen LogP contribution in [0, 0.1) is 0 Å². The third-order valence-corrected chi connectivity index (χ3v) is 5.19. The van der Waals surface area contributed by atoms with E-state index in [0.717, 1.165) is 25.1 Å². The van der Waals surface area contributed by atoms with Crippen molar-refractivity contribution in [3.63, 3.8) is 0 Å². The van der Waals surface area contributed by atoms with Crippen LogP contribution in [0.1, 0.15) is 18.4 Å². The zero-order valence-electron chi connectivity index (χ0n) is 13.4. The van der Waals surface area contributed by atoms with Gasteiger partial charge in [0.05, 0.1) is 12.1 Å². The van der Waals surface area contributed by atoms with Crippen molar-refractivity contribution >= 4 is 46.4 Å². The van der Waals surface area contributed by atoms with E-state index in [4.69, 9.17) is 23.2 Å². The van der Waals surface area contributed by atoms with Crippen molar-refractivity contribution in [2.45, 2.75) is 25.3 Å². The molecular formula is C19H16Cl2N2O2. The van der Waals surface area contributed by atoms with Gasteiger partial charge in [0, 0.05) is 22.3 Å². The molecule has 2 aromatic carbocycles. The lowest BCUT2D eigenvalue weighted by Crippen LogP contribution is -2.44. The first-order chi connectivity index (χ1) is 12.0. The molecule has 0 N–H and O–H groups in total. The Bertz CT molecular complexity index is 848. The molecule has 4 nitrogen and oxygen atoms in total.